The van der Waals surface area contributed by atoms with Gasteiger partial charge in [-0.2, -0.15) is 0 Å². The van der Waals surface area contributed by atoms with Crippen molar-refractivity contribution in [3.63, 3.8) is 0 Å². The highest BCUT2D eigenvalue weighted by atomic mass is 16.8. The van der Waals surface area contributed by atoms with Crippen LogP contribution in [0.15, 0.2) is 0 Å². The molecule has 0 saturated carbocycles. The lowest BCUT2D eigenvalue weighted by atomic mass is 10.0. The molecule has 2 heterocycles. The zero-order valence-electron chi connectivity index (χ0n) is 8.66. The molecule has 90 valence electrons. The number of carbonyl (C=O) groups excluding carboxylic acids is 2. The molecule has 0 aliphatic carbocycles. The van der Waals surface area contributed by atoms with Gasteiger partial charge in [0.2, 0.25) is 5.91 Å². The maximum atomic E-state index is 10.9. The quantitative estimate of drug-likeness (QED) is 0.551. The Kier molecular flexibility index (Phi) is 3.08. The largest absolute Gasteiger partial charge is 0.465 e. The zero-order valence-corrected chi connectivity index (χ0v) is 8.66. The monoisotopic (exact) mass is 231 g/mol. The second kappa shape index (κ2) is 4.36. The van der Waals surface area contributed by atoms with Crippen molar-refractivity contribution in [3.05, 3.63) is 0 Å². The first-order valence-electron chi connectivity index (χ1n) is 4.95. The van der Waals surface area contributed by atoms with Crippen LogP contribution in [-0.4, -0.2) is 54.7 Å². The highest BCUT2D eigenvalue weighted by Crippen LogP contribution is 2.34. The summed E-state index contributed by atoms with van der Waals surface area (Å²) in [6, 6.07) is -0.560. The molecule has 7 heteroatoms. The smallest absolute Gasteiger partial charge is 0.293 e. The fourth-order valence-corrected chi connectivity index (χ4v) is 2.02. The van der Waals surface area contributed by atoms with Gasteiger partial charge in [-0.25, -0.2) is 0 Å². The van der Waals surface area contributed by atoms with Crippen LogP contribution in [0.2, 0.25) is 0 Å². The normalized spacial score (nSPS) is 40.8. The summed E-state index contributed by atoms with van der Waals surface area (Å²) < 4.78 is 15.2. The number of hydrogen-bond donors (Lipinski definition) is 2. The predicted octanol–water partition coefficient (Wildman–Crippen LogP) is -1.85. The number of hydrogen-bond acceptors (Lipinski definition) is 6. The summed E-state index contributed by atoms with van der Waals surface area (Å²) in [5.74, 6) is -0.260. The highest BCUT2D eigenvalue weighted by Gasteiger charge is 2.55. The van der Waals surface area contributed by atoms with Crippen molar-refractivity contribution in [2.75, 3.05) is 6.61 Å². The number of amides is 1. The second-order valence-electron chi connectivity index (χ2n) is 3.79. The van der Waals surface area contributed by atoms with Gasteiger partial charge in [0.05, 0.1) is 0 Å². The van der Waals surface area contributed by atoms with Crippen molar-refractivity contribution in [2.24, 2.45) is 0 Å². The zero-order chi connectivity index (χ0) is 11.7. The average molecular weight is 231 g/mol. The third-order valence-electron chi connectivity index (χ3n) is 2.66. The third kappa shape index (κ3) is 1.89. The van der Waals surface area contributed by atoms with Crippen LogP contribution in [0, 0.1) is 0 Å². The summed E-state index contributed by atoms with van der Waals surface area (Å²) in [6.07, 6.45) is -2.57. The molecule has 5 atom stereocenters. The number of aliphatic hydroxyl groups is 1. The van der Waals surface area contributed by atoms with Crippen LogP contribution >= 0.6 is 0 Å². The van der Waals surface area contributed by atoms with Gasteiger partial charge < -0.3 is 24.6 Å². The Labute approximate surface area is 91.7 Å². The van der Waals surface area contributed by atoms with E-state index in [0.29, 0.717) is 6.47 Å². The molecule has 2 aliphatic rings. The fourth-order valence-electron chi connectivity index (χ4n) is 2.02. The number of ether oxygens (including phenoxy) is 3. The molecular weight excluding hydrogens is 218 g/mol. The van der Waals surface area contributed by atoms with E-state index in [0.717, 1.165) is 0 Å². The van der Waals surface area contributed by atoms with Gasteiger partial charge in [0.25, 0.3) is 6.47 Å². The van der Waals surface area contributed by atoms with E-state index in [-0.39, 0.29) is 12.5 Å². The summed E-state index contributed by atoms with van der Waals surface area (Å²) in [6.45, 7) is 1.70. The molecule has 5 unspecified atom stereocenters. The van der Waals surface area contributed by atoms with E-state index >= 15 is 0 Å². The molecule has 2 rings (SSSR count). The number of carbonyl (C=O) groups is 2. The van der Waals surface area contributed by atoms with Crippen molar-refractivity contribution in [2.45, 2.75) is 37.6 Å². The topological polar surface area (TPSA) is 94.1 Å². The molecule has 0 spiro atoms. The standard InChI is InChI=1S/C9H13NO6/c1-4(12)10-6-7(13)8-5(2-14-3-11)15-9(6)16-8/h3,5-9,13H,2H2,1H3,(H,10,12). The van der Waals surface area contributed by atoms with E-state index in [1.165, 1.54) is 6.92 Å². The summed E-state index contributed by atoms with van der Waals surface area (Å²) in [5, 5.41) is 12.4. The van der Waals surface area contributed by atoms with Crippen molar-refractivity contribution in [1.29, 1.82) is 0 Å². The Hall–Kier alpha value is -1.18. The summed E-state index contributed by atoms with van der Waals surface area (Å²) in [5.41, 5.74) is 0. The van der Waals surface area contributed by atoms with Crippen LogP contribution in [0.5, 0.6) is 0 Å². The minimum atomic E-state index is -0.845. The lowest BCUT2D eigenvalue weighted by Crippen LogP contribution is -2.54. The number of aliphatic hydroxyl groups excluding tert-OH is 1. The van der Waals surface area contributed by atoms with E-state index in [1.807, 2.05) is 0 Å². The molecule has 0 aromatic heterocycles. The van der Waals surface area contributed by atoms with Gasteiger partial charge in [0, 0.05) is 6.92 Å². The van der Waals surface area contributed by atoms with Crippen LogP contribution in [0.1, 0.15) is 6.92 Å². The SMILES string of the molecule is CC(=O)NC1C2OC(COC=O)C(O2)C1O. The van der Waals surface area contributed by atoms with Crippen molar-refractivity contribution >= 4 is 12.4 Å². The molecule has 7 nitrogen and oxygen atoms in total. The van der Waals surface area contributed by atoms with Gasteiger partial charge in [-0.15, -0.1) is 0 Å². The van der Waals surface area contributed by atoms with Crippen LogP contribution in [-0.2, 0) is 23.8 Å². The lowest BCUT2D eigenvalue weighted by molar-refractivity contribution is -0.139. The first-order chi connectivity index (χ1) is 7.63. The molecule has 2 N–H and O–H groups in total. The average Bonchev–Trinajstić information content (AvgIpc) is 2.75. The van der Waals surface area contributed by atoms with Gasteiger partial charge in [0.1, 0.15) is 31.0 Å². The summed E-state index contributed by atoms with van der Waals surface area (Å²) in [4.78, 5) is 20.9. The maximum absolute atomic E-state index is 10.9. The first kappa shape index (κ1) is 11.3. The van der Waals surface area contributed by atoms with Gasteiger partial charge in [-0.3, -0.25) is 9.59 Å². The summed E-state index contributed by atoms with van der Waals surface area (Å²) in [7, 11) is 0. The molecule has 2 bridgehead atoms. The molecule has 0 radical (unpaired) electrons. The third-order valence-corrected chi connectivity index (χ3v) is 2.66. The molecule has 1 amide bonds. The molecule has 0 aromatic carbocycles. The molecule has 2 fully saturated rings. The van der Waals surface area contributed by atoms with Crippen LogP contribution in [0.4, 0.5) is 0 Å². The van der Waals surface area contributed by atoms with E-state index < -0.39 is 30.6 Å². The summed E-state index contributed by atoms with van der Waals surface area (Å²) >= 11 is 0. The number of nitrogens with one attached hydrogen (secondary N) is 1. The molecule has 2 aliphatic heterocycles. The molecule has 16 heavy (non-hydrogen) atoms. The highest BCUT2D eigenvalue weighted by molar-refractivity contribution is 5.73. The first-order valence-corrected chi connectivity index (χ1v) is 4.95. The second-order valence-corrected chi connectivity index (χ2v) is 3.79. The number of rotatable bonds is 4. The Balaban J connectivity index is 1.94. The van der Waals surface area contributed by atoms with Crippen LogP contribution < -0.4 is 5.32 Å². The van der Waals surface area contributed by atoms with E-state index in [4.69, 9.17) is 9.47 Å². The van der Waals surface area contributed by atoms with E-state index in [1.54, 1.807) is 0 Å². The minimum absolute atomic E-state index is 0.0362. The molecular formula is C9H13NO6. The Morgan fingerprint density at radius 3 is 2.88 bits per heavy atom. The van der Waals surface area contributed by atoms with Crippen molar-refractivity contribution in [1.82, 2.24) is 5.32 Å². The number of fused-ring (bicyclic) bond motifs is 2. The van der Waals surface area contributed by atoms with Crippen molar-refractivity contribution in [3.8, 4) is 0 Å². The molecule has 2 saturated heterocycles. The Morgan fingerprint density at radius 2 is 2.31 bits per heavy atom. The van der Waals surface area contributed by atoms with Gasteiger partial charge in [-0.05, 0) is 0 Å². The van der Waals surface area contributed by atoms with Gasteiger partial charge >= 0.3 is 0 Å². The van der Waals surface area contributed by atoms with Crippen LogP contribution in [0.25, 0.3) is 0 Å². The van der Waals surface area contributed by atoms with E-state index in [9.17, 15) is 14.7 Å². The molecule has 0 aromatic rings. The Bertz CT molecular complexity index is 294. The van der Waals surface area contributed by atoms with E-state index in [2.05, 4.69) is 10.1 Å². The fraction of sp³-hybridized carbons (Fsp3) is 0.778. The van der Waals surface area contributed by atoms with Crippen molar-refractivity contribution < 1.29 is 28.9 Å². The van der Waals surface area contributed by atoms with Crippen LogP contribution in [0.3, 0.4) is 0 Å². The Morgan fingerprint density at radius 1 is 1.56 bits per heavy atom. The minimum Gasteiger partial charge on any atom is -0.465 e. The van der Waals surface area contributed by atoms with Gasteiger partial charge in [-0.1, -0.05) is 0 Å². The predicted molar refractivity (Wildman–Crippen MR) is 49.2 cm³/mol. The van der Waals surface area contributed by atoms with Gasteiger partial charge in [0.15, 0.2) is 6.29 Å². The maximum Gasteiger partial charge on any atom is 0.293 e. The lowest BCUT2D eigenvalue weighted by Gasteiger charge is -2.29.